The van der Waals surface area contributed by atoms with Crippen LogP contribution >= 0.6 is 0 Å². The number of carbonyl (C=O) groups is 2. The van der Waals surface area contributed by atoms with Crippen molar-refractivity contribution in [2.75, 3.05) is 26.2 Å². The van der Waals surface area contributed by atoms with Crippen LogP contribution in [0.3, 0.4) is 0 Å². The van der Waals surface area contributed by atoms with E-state index in [9.17, 15) is 14.0 Å². The molecule has 0 aliphatic carbocycles. The first kappa shape index (κ1) is 13.5. The van der Waals surface area contributed by atoms with Gasteiger partial charge in [-0.05, 0) is 24.3 Å². The summed E-state index contributed by atoms with van der Waals surface area (Å²) in [7, 11) is 0. The fraction of sp³-hybridized carbons (Fsp3) is 0.429. The average molecular weight is 264 g/mol. The maximum Gasteiger partial charge on any atom is 0.253 e. The molecule has 1 fully saturated rings. The first-order chi connectivity index (χ1) is 9.11. The van der Waals surface area contributed by atoms with E-state index in [1.54, 1.807) is 9.80 Å². The van der Waals surface area contributed by atoms with Crippen LogP contribution < -0.4 is 0 Å². The SMILES string of the molecule is CCC(=O)N1CCN(C(=O)c2ccc(F)cc2)CC1. The lowest BCUT2D eigenvalue weighted by molar-refractivity contribution is -0.132. The van der Waals surface area contributed by atoms with E-state index in [0.29, 0.717) is 38.2 Å². The van der Waals surface area contributed by atoms with Crippen molar-refractivity contribution in [1.82, 2.24) is 9.80 Å². The highest BCUT2D eigenvalue weighted by Gasteiger charge is 2.23. The molecule has 0 spiro atoms. The molecule has 0 N–H and O–H groups in total. The van der Waals surface area contributed by atoms with Crippen molar-refractivity contribution >= 4 is 11.8 Å². The van der Waals surface area contributed by atoms with Crippen LogP contribution in [0.25, 0.3) is 0 Å². The summed E-state index contributed by atoms with van der Waals surface area (Å²) < 4.78 is 12.8. The molecule has 0 aromatic heterocycles. The van der Waals surface area contributed by atoms with E-state index in [1.807, 2.05) is 6.92 Å². The molecule has 1 aliphatic heterocycles. The van der Waals surface area contributed by atoms with E-state index >= 15 is 0 Å². The summed E-state index contributed by atoms with van der Waals surface area (Å²) in [5, 5.41) is 0. The van der Waals surface area contributed by atoms with Gasteiger partial charge in [0.05, 0.1) is 0 Å². The molecule has 2 rings (SSSR count). The molecule has 5 heteroatoms. The van der Waals surface area contributed by atoms with E-state index in [4.69, 9.17) is 0 Å². The Morgan fingerprint density at radius 2 is 1.58 bits per heavy atom. The number of hydrogen-bond donors (Lipinski definition) is 0. The molecule has 19 heavy (non-hydrogen) atoms. The summed E-state index contributed by atoms with van der Waals surface area (Å²) in [6.07, 6.45) is 0.492. The van der Waals surface area contributed by atoms with Crippen molar-refractivity contribution in [2.45, 2.75) is 13.3 Å². The number of carbonyl (C=O) groups excluding carboxylic acids is 2. The van der Waals surface area contributed by atoms with Crippen LogP contribution in [0.1, 0.15) is 23.7 Å². The van der Waals surface area contributed by atoms with E-state index in [1.165, 1.54) is 24.3 Å². The van der Waals surface area contributed by atoms with Crippen LogP contribution in [0.4, 0.5) is 4.39 Å². The Morgan fingerprint density at radius 3 is 2.11 bits per heavy atom. The Hall–Kier alpha value is -1.91. The normalized spacial score (nSPS) is 15.5. The highest BCUT2D eigenvalue weighted by Crippen LogP contribution is 2.10. The summed E-state index contributed by atoms with van der Waals surface area (Å²) in [5.41, 5.74) is 0.483. The van der Waals surface area contributed by atoms with E-state index in [-0.39, 0.29) is 17.6 Å². The smallest absolute Gasteiger partial charge is 0.253 e. The molecule has 1 aliphatic rings. The lowest BCUT2D eigenvalue weighted by Crippen LogP contribution is -2.50. The maximum absolute atomic E-state index is 12.8. The molecule has 4 nitrogen and oxygen atoms in total. The van der Waals surface area contributed by atoms with Crippen molar-refractivity contribution in [1.29, 1.82) is 0 Å². The molecule has 0 bridgehead atoms. The van der Waals surface area contributed by atoms with E-state index in [0.717, 1.165) is 0 Å². The number of halogens is 1. The minimum absolute atomic E-state index is 0.108. The van der Waals surface area contributed by atoms with Crippen molar-refractivity contribution in [2.24, 2.45) is 0 Å². The van der Waals surface area contributed by atoms with Crippen LogP contribution in [0.5, 0.6) is 0 Å². The molecular weight excluding hydrogens is 247 g/mol. The largest absolute Gasteiger partial charge is 0.339 e. The van der Waals surface area contributed by atoms with Crippen LogP contribution in [-0.4, -0.2) is 47.8 Å². The highest BCUT2D eigenvalue weighted by molar-refractivity contribution is 5.94. The second-order valence-corrected chi connectivity index (χ2v) is 4.53. The number of amides is 2. The highest BCUT2D eigenvalue weighted by atomic mass is 19.1. The standard InChI is InChI=1S/C14H17FN2O2/c1-2-13(18)16-7-9-17(10-8-16)14(19)11-3-5-12(15)6-4-11/h3-6H,2,7-10H2,1H3. The van der Waals surface area contributed by atoms with Gasteiger partial charge in [0.15, 0.2) is 0 Å². The minimum Gasteiger partial charge on any atom is -0.339 e. The lowest BCUT2D eigenvalue weighted by atomic mass is 10.1. The number of piperazine rings is 1. The predicted octanol–water partition coefficient (Wildman–Crippen LogP) is 1.52. The Bertz CT molecular complexity index is 465. The molecule has 0 unspecified atom stereocenters. The van der Waals surface area contributed by atoms with Crippen LogP contribution in [0, 0.1) is 5.82 Å². The molecule has 2 amide bonds. The second-order valence-electron chi connectivity index (χ2n) is 4.53. The van der Waals surface area contributed by atoms with Crippen molar-refractivity contribution in [3.63, 3.8) is 0 Å². The fourth-order valence-corrected chi connectivity index (χ4v) is 2.16. The molecule has 1 heterocycles. The Labute approximate surface area is 111 Å². The number of rotatable bonds is 2. The van der Waals surface area contributed by atoms with Gasteiger partial charge >= 0.3 is 0 Å². The Morgan fingerprint density at radius 1 is 1.05 bits per heavy atom. The number of hydrogen-bond acceptors (Lipinski definition) is 2. The molecule has 1 aromatic carbocycles. The van der Waals surface area contributed by atoms with Gasteiger partial charge in [0.1, 0.15) is 5.82 Å². The first-order valence-electron chi connectivity index (χ1n) is 6.44. The summed E-state index contributed by atoms with van der Waals surface area (Å²) in [6, 6.07) is 5.54. The van der Waals surface area contributed by atoms with Crippen molar-refractivity contribution in [3.05, 3.63) is 35.6 Å². The van der Waals surface area contributed by atoms with Crippen LogP contribution in [0.15, 0.2) is 24.3 Å². The monoisotopic (exact) mass is 264 g/mol. The maximum atomic E-state index is 12.8. The fourth-order valence-electron chi connectivity index (χ4n) is 2.16. The third kappa shape index (κ3) is 3.10. The van der Waals surface area contributed by atoms with Gasteiger partial charge in [-0.1, -0.05) is 6.92 Å². The Kier molecular flexibility index (Phi) is 4.14. The lowest BCUT2D eigenvalue weighted by Gasteiger charge is -2.34. The number of benzene rings is 1. The molecule has 0 atom stereocenters. The van der Waals surface area contributed by atoms with Crippen molar-refractivity contribution in [3.8, 4) is 0 Å². The zero-order valence-electron chi connectivity index (χ0n) is 10.9. The third-order valence-electron chi connectivity index (χ3n) is 3.31. The van der Waals surface area contributed by atoms with Gasteiger partial charge in [0, 0.05) is 38.2 Å². The molecular formula is C14H17FN2O2. The summed E-state index contributed by atoms with van der Waals surface area (Å²) in [6.45, 7) is 4.03. The van der Waals surface area contributed by atoms with Crippen LogP contribution in [-0.2, 0) is 4.79 Å². The van der Waals surface area contributed by atoms with E-state index in [2.05, 4.69) is 0 Å². The number of nitrogens with zero attached hydrogens (tertiary/aromatic N) is 2. The second kappa shape index (κ2) is 5.82. The zero-order chi connectivity index (χ0) is 13.8. The molecule has 102 valence electrons. The summed E-state index contributed by atoms with van der Waals surface area (Å²) in [5.74, 6) is -0.340. The third-order valence-corrected chi connectivity index (χ3v) is 3.31. The van der Waals surface area contributed by atoms with E-state index < -0.39 is 0 Å². The zero-order valence-corrected chi connectivity index (χ0v) is 10.9. The summed E-state index contributed by atoms with van der Waals surface area (Å²) >= 11 is 0. The Balaban J connectivity index is 1.96. The quantitative estimate of drug-likeness (QED) is 0.812. The summed E-state index contributed by atoms with van der Waals surface area (Å²) in [4.78, 5) is 27.2. The van der Waals surface area contributed by atoms with Gasteiger partial charge in [0.2, 0.25) is 5.91 Å². The van der Waals surface area contributed by atoms with Crippen molar-refractivity contribution < 1.29 is 14.0 Å². The average Bonchev–Trinajstić information content (AvgIpc) is 2.46. The minimum atomic E-state index is -0.352. The van der Waals surface area contributed by atoms with Gasteiger partial charge in [-0.15, -0.1) is 0 Å². The first-order valence-corrected chi connectivity index (χ1v) is 6.44. The molecule has 1 aromatic rings. The van der Waals surface area contributed by atoms with Gasteiger partial charge in [-0.3, -0.25) is 9.59 Å². The van der Waals surface area contributed by atoms with Gasteiger partial charge in [-0.2, -0.15) is 0 Å². The van der Waals surface area contributed by atoms with Gasteiger partial charge < -0.3 is 9.80 Å². The topological polar surface area (TPSA) is 40.6 Å². The van der Waals surface area contributed by atoms with Gasteiger partial charge in [0.25, 0.3) is 5.91 Å². The van der Waals surface area contributed by atoms with Gasteiger partial charge in [-0.25, -0.2) is 4.39 Å². The molecule has 0 radical (unpaired) electrons. The predicted molar refractivity (Wildman–Crippen MR) is 69.2 cm³/mol. The van der Waals surface area contributed by atoms with Crippen LogP contribution in [0.2, 0.25) is 0 Å². The molecule has 1 saturated heterocycles. The molecule has 0 saturated carbocycles.